The Bertz CT molecular complexity index is 1140. The van der Waals surface area contributed by atoms with Crippen LogP contribution in [0.4, 0.5) is 0 Å². The molecule has 1 aliphatic carbocycles. The molecule has 3 aromatic rings. The van der Waals surface area contributed by atoms with E-state index in [9.17, 15) is 9.59 Å². The number of nitrogens with one attached hydrogen (secondary N) is 1. The summed E-state index contributed by atoms with van der Waals surface area (Å²) in [6.07, 6.45) is 5.37. The minimum Gasteiger partial charge on any atom is -0.370 e. The molecule has 1 spiro atoms. The Labute approximate surface area is 204 Å². The average molecular weight is 476 g/mol. The molecule has 2 amide bonds. The van der Waals surface area contributed by atoms with E-state index in [1.54, 1.807) is 30.7 Å². The highest BCUT2D eigenvalue weighted by Crippen LogP contribution is 2.52. The largest absolute Gasteiger partial charge is 0.370 e. The molecule has 5 rings (SSSR count). The molecule has 2 aromatic heterocycles. The number of ether oxygens (including phenoxy) is 1. The summed E-state index contributed by atoms with van der Waals surface area (Å²) in [6, 6.07) is 14.1. The summed E-state index contributed by atoms with van der Waals surface area (Å²) in [6.45, 7) is 3.36. The topological polar surface area (TPSA) is 71.5 Å². The van der Waals surface area contributed by atoms with Gasteiger partial charge in [-0.15, -0.1) is 0 Å². The third-order valence-electron chi connectivity index (χ3n) is 7.16. The van der Waals surface area contributed by atoms with Crippen molar-refractivity contribution in [3.8, 4) is 0 Å². The van der Waals surface area contributed by atoms with Crippen molar-refractivity contribution in [2.75, 3.05) is 13.1 Å². The highest BCUT2D eigenvalue weighted by molar-refractivity contribution is 7.08. The van der Waals surface area contributed by atoms with Gasteiger partial charge in [-0.05, 0) is 64.1 Å². The van der Waals surface area contributed by atoms with E-state index in [0.29, 0.717) is 26.1 Å². The van der Waals surface area contributed by atoms with Crippen LogP contribution in [0, 0.1) is 0 Å². The van der Waals surface area contributed by atoms with Gasteiger partial charge in [-0.1, -0.05) is 24.3 Å². The van der Waals surface area contributed by atoms with Crippen molar-refractivity contribution in [3.05, 3.63) is 87.9 Å². The predicted molar refractivity (Wildman–Crippen MR) is 131 cm³/mol. The number of amides is 2. The van der Waals surface area contributed by atoms with Crippen molar-refractivity contribution in [3.63, 3.8) is 0 Å². The zero-order chi connectivity index (χ0) is 23.5. The van der Waals surface area contributed by atoms with Crippen molar-refractivity contribution in [2.24, 2.45) is 0 Å². The molecule has 0 radical (unpaired) electrons. The smallest absolute Gasteiger partial charge is 0.227 e. The van der Waals surface area contributed by atoms with Crippen LogP contribution in [0.5, 0.6) is 0 Å². The molecule has 0 unspecified atom stereocenters. The number of carbonyl (C=O) groups is 2. The Kier molecular flexibility index (Phi) is 6.48. The van der Waals surface area contributed by atoms with Gasteiger partial charge in [-0.2, -0.15) is 11.3 Å². The first-order chi connectivity index (χ1) is 16.6. The number of pyridine rings is 1. The molecule has 7 heteroatoms. The van der Waals surface area contributed by atoms with Crippen molar-refractivity contribution >= 4 is 23.2 Å². The number of nitrogens with zero attached hydrogens (tertiary/aromatic N) is 2. The van der Waals surface area contributed by atoms with E-state index >= 15 is 0 Å². The van der Waals surface area contributed by atoms with Gasteiger partial charge >= 0.3 is 0 Å². The van der Waals surface area contributed by atoms with Crippen LogP contribution in [0.3, 0.4) is 0 Å². The zero-order valence-electron chi connectivity index (χ0n) is 19.3. The molecule has 6 nitrogen and oxygen atoms in total. The van der Waals surface area contributed by atoms with Gasteiger partial charge in [0, 0.05) is 37.8 Å². The third kappa shape index (κ3) is 4.38. The molecule has 1 aromatic carbocycles. The second-order valence-corrected chi connectivity index (χ2v) is 9.98. The number of aromatic nitrogens is 1. The summed E-state index contributed by atoms with van der Waals surface area (Å²) in [5.41, 5.74) is 4.22. The van der Waals surface area contributed by atoms with Gasteiger partial charge in [-0.25, -0.2) is 0 Å². The number of carbonyl (C=O) groups excluding carboxylic acids is 2. The van der Waals surface area contributed by atoms with Gasteiger partial charge < -0.3 is 15.0 Å². The molecule has 0 saturated carbocycles. The normalized spacial score (nSPS) is 20.8. The zero-order valence-corrected chi connectivity index (χ0v) is 20.1. The van der Waals surface area contributed by atoms with Gasteiger partial charge in [0.1, 0.15) is 0 Å². The molecule has 1 aliphatic heterocycles. The van der Waals surface area contributed by atoms with E-state index in [1.807, 2.05) is 39.9 Å². The molecule has 1 N–H and O–H groups in total. The van der Waals surface area contributed by atoms with Crippen LogP contribution in [-0.2, 0) is 32.8 Å². The van der Waals surface area contributed by atoms with E-state index in [-0.39, 0.29) is 29.4 Å². The van der Waals surface area contributed by atoms with Gasteiger partial charge in [-0.3, -0.25) is 14.6 Å². The van der Waals surface area contributed by atoms with Crippen LogP contribution in [0.2, 0.25) is 0 Å². The minimum atomic E-state index is -0.254. The number of fused-ring (bicyclic) bond motifs is 2. The summed E-state index contributed by atoms with van der Waals surface area (Å²) < 4.78 is 6.61. The summed E-state index contributed by atoms with van der Waals surface area (Å²) in [4.78, 5) is 31.2. The van der Waals surface area contributed by atoms with Crippen LogP contribution >= 0.6 is 11.3 Å². The number of rotatable bonds is 6. The van der Waals surface area contributed by atoms with Crippen molar-refractivity contribution in [2.45, 2.75) is 50.4 Å². The number of likely N-dealkylation sites (tertiary alicyclic amines) is 1. The molecule has 3 heterocycles. The third-order valence-corrected chi connectivity index (χ3v) is 7.89. The number of hydrogen-bond donors (Lipinski definition) is 1. The van der Waals surface area contributed by atoms with Crippen LogP contribution in [0.25, 0.3) is 0 Å². The van der Waals surface area contributed by atoms with Gasteiger partial charge in [0.25, 0.3) is 0 Å². The van der Waals surface area contributed by atoms with Crippen molar-refractivity contribution in [1.29, 1.82) is 0 Å². The lowest BCUT2D eigenvalue weighted by Crippen LogP contribution is -2.52. The van der Waals surface area contributed by atoms with Crippen molar-refractivity contribution < 1.29 is 14.3 Å². The second kappa shape index (κ2) is 9.68. The Morgan fingerprint density at radius 2 is 1.88 bits per heavy atom. The first-order valence-corrected chi connectivity index (χ1v) is 12.7. The van der Waals surface area contributed by atoms with Gasteiger partial charge in [0.15, 0.2) is 0 Å². The van der Waals surface area contributed by atoms with E-state index in [0.717, 1.165) is 29.5 Å². The van der Waals surface area contributed by atoms with E-state index in [2.05, 4.69) is 28.5 Å². The highest BCUT2D eigenvalue weighted by Gasteiger charge is 2.54. The Hall–Kier alpha value is -3.03. The van der Waals surface area contributed by atoms with Crippen molar-refractivity contribution in [1.82, 2.24) is 15.2 Å². The maximum absolute atomic E-state index is 13.0. The second-order valence-electron chi connectivity index (χ2n) is 9.20. The predicted octanol–water partition coefficient (Wildman–Crippen LogP) is 4.02. The maximum atomic E-state index is 13.0. The molecular formula is C27H29N3O3S. The summed E-state index contributed by atoms with van der Waals surface area (Å²) >= 11 is 1.62. The Balaban J connectivity index is 1.41. The molecule has 0 bridgehead atoms. The standard InChI is InChI=1S/C27H29N3O3S/c1-19(31)29-25-22-4-2-3-5-23(22)27(26(25)33-17-20-6-11-28-12-7-20)9-13-30(14-10-27)24(32)16-21-8-15-34-18-21/h2-8,11-12,15,18,25-26H,9-10,13-14,16-17H2,1H3,(H,29,31)/t25-,26+/m0/s1. The lowest BCUT2D eigenvalue weighted by Gasteiger charge is -2.44. The summed E-state index contributed by atoms with van der Waals surface area (Å²) in [7, 11) is 0. The fourth-order valence-electron chi connectivity index (χ4n) is 5.54. The SMILES string of the molecule is CC(=O)N[C@H]1c2ccccc2C2(CCN(C(=O)Cc3ccsc3)CC2)[C@@H]1OCc1ccncc1. The van der Waals surface area contributed by atoms with Crippen LogP contribution < -0.4 is 5.32 Å². The molecule has 34 heavy (non-hydrogen) atoms. The average Bonchev–Trinajstić information content (AvgIpc) is 3.44. The lowest BCUT2D eigenvalue weighted by atomic mass is 9.71. The summed E-state index contributed by atoms with van der Waals surface area (Å²) in [5.74, 6) is 0.102. The Morgan fingerprint density at radius 1 is 1.12 bits per heavy atom. The molecule has 2 atom stereocenters. The quantitative estimate of drug-likeness (QED) is 0.585. The van der Waals surface area contributed by atoms with Gasteiger partial charge in [0.05, 0.1) is 25.2 Å². The molecular weight excluding hydrogens is 446 g/mol. The molecule has 1 fully saturated rings. The summed E-state index contributed by atoms with van der Waals surface area (Å²) in [5, 5.41) is 7.21. The maximum Gasteiger partial charge on any atom is 0.227 e. The monoisotopic (exact) mass is 475 g/mol. The fraction of sp³-hybridized carbons (Fsp3) is 0.370. The lowest BCUT2D eigenvalue weighted by molar-refractivity contribution is -0.133. The van der Waals surface area contributed by atoms with Crippen LogP contribution in [0.15, 0.2) is 65.6 Å². The van der Waals surface area contributed by atoms with Gasteiger partial charge in [0.2, 0.25) is 11.8 Å². The number of benzene rings is 1. The first kappa shape index (κ1) is 22.7. The van der Waals surface area contributed by atoms with E-state index in [4.69, 9.17) is 4.74 Å². The van der Waals surface area contributed by atoms with E-state index in [1.165, 1.54) is 5.56 Å². The molecule has 2 aliphatic rings. The van der Waals surface area contributed by atoms with Crippen LogP contribution in [-0.4, -0.2) is 40.9 Å². The number of hydrogen-bond acceptors (Lipinski definition) is 5. The highest BCUT2D eigenvalue weighted by atomic mass is 32.1. The minimum absolute atomic E-state index is 0.0715. The Morgan fingerprint density at radius 3 is 2.59 bits per heavy atom. The van der Waals surface area contributed by atoms with Crippen LogP contribution in [0.1, 0.15) is 48.1 Å². The first-order valence-electron chi connectivity index (χ1n) is 11.7. The molecule has 176 valence electrons. The molecule has 1 saturated heterocycles. The number of piperidine rings is 1. The van der Waals surface area contributed by atoms with E-state index < -0.39 is 0 Å². The fourth-order valence-corrected chi connectivity index (χ4v) is 6.21. The number of thiophene rings is 1.